The summed E-state index contributed by atoms with van der Waals surface area (Å²) in [6.45, 7) is 9.64. The van der Waals surface area contributed by atoms with Gasteiger partial charge in [-0.1, -0.05) is 0 Å². The summed E-state index contributed by atoms with van der Waals surface area (Å²) in [7, 11) is 0. The van der Waals surface area contributed by atoms with Crippen LogP contribution in [0.3, 0.4) is 0 Å². The van der Waals surface area contributed by atoms with Crippen LogP contribution in [0.1, 0.15) is 26.3 Å². The number of rotatable bonds is 4. The maximum Gasteiger partial charge on any atom is 0.261 e. The molecule has 7 nitrogen and oxygen atoms in total. The SMILES string of the molecule is CC(C)n1cnc2cc(N3CCN(CC4CNC(=O)C4)CC3)ccc2c1=O. The van der Waals surface area contributed by atoms with Crippen LogP contribution < -0.4 is 15.8 Å². The molecule has 4 rings (SSSR count). The van der Waals surface area contributed by atoms with Crippen LogP contribution in [-0.4, -0.2) is 59.6 Å². The van der Waals surface area contributed by atoms with Crippen LogP contribution in [0.2, 0.25) is 0 Å². The number of anilines is 1. The fourth-order valence-corrected chi connectivity index (χ4v) is 4.04. The number of carbonyl (C=O) groups is 1. The maximum absolute atomic E-state index is 12.6. The zero-order chi connectivity index (χ0) is 19.0. The number of benzene rings is 1. The van der Waals surface area contributed by atoms with E-state index >= 15 is 0 Å². The van der Waals surface area contributed by atoms with Crippen molar-refractivity contribution >= 4 is 22.5 Å². The lowest BCUT2D eigenvalue weighted by Crippen LogP contribution is -2.48. The van der Waals surface area contributed by atoms with E-state index in [-0.39, 0.29) is 17.5 Å². The zero-order valence-electron chi connectivity index (χ0n) is 16.0. The number of hydrogen-bond donors (Lipinski definition) is 1. The normalized spacial score (nSPS) is 21.2. The second-order valence-corrected chi connectivity index (χ2v) is 7.91. The average molecular weight is 369 g/mol. The number of nitrogens with one attached hydrogen (secondary N) is 1. The van der Waals surface area contributed by atoms with Crippen LogP contribution in [0.4, 0.5) is 5.69 Å². The van der Waals surface area contributed by atoms with E-state index in [9.17, 15) is 9.59 Å². The smallest absolute Gasteiger partial charge is 0.261 e. The molecule has 2 fully saturated rings. The molecule has 1 unspecified atom stereocenters. The predicted molar refractivity (Wildman–Crippen MR) is 106 cm³/mol. The van der Waals surface area contributed by atoms with Crippen molar-refractivity contribution in [1.29, 1.82) is 0 Å². The first-order valence-electron chi connectivity index (χ1n) is 9.76. The number of piperazine rings is 1. The highest BCUT2D eigenvalue weighted by molar-refractivity contribution is 5.81. The average Bonchev–Trinajstić information content (AvgIpc) is 3.07. The third kappa shape index (κ3) is 3.69. The van der Waals surface area contributed by atoms with Crippen molar-refractivity contribution < 1.29 is 4.79 Å². The van der Waals surface area contributed by atoms with Gasteiger partial charge in [0.1, 0.15) is 0 Å². The highest BCUT2D eigenvalue weighted by Crippen LogP contribution is 2.21. The van der Waals surface area contributed by atoms with Crippen LogP contribution in [-0.2, 0) is 4.79 Å². The monoisotopic (exact) mass is 369 g/mol. The number of carbonyl (C=O) groups excluding carboxylic acids is 1. The molecule has 0 spiro atoms. The molecular weight excluding hydrogens is 342 g/mol. The summed E-state index contributed by atoms with van der Waals surface area (Å²) in [5.74, 6) is 0.621. The molecule has 2 aliphatic heterocycles. The van der Waals surface area contributed by atoms with Crippen molar-refractivity contribution in [3.8, 4) is 0 Å². The van der Waals surface area contributed by atoms with E-state index in [1.165, 1.54) is 0 Å². The van der Waals surface area contributed by atoms with Gasteiger partial charge in [-0.15, -0.1) is 0 Å². The molecule has 3 heterocycles. The molecule has 7 heteroatoms. The molecule has 0 saturated carbocycles. The van der Waals surface area contributed by atoms with Crippen LogP contribution in [0, 0.1) is 5.92 Å². The lowest BCUT2D eigenvalue weighted by molar-refractivity contribution is -0.119. The molecule has 27 heavy (non-hydrogen) atoms. The summed E-state index contributed by atoms with van der Waals surface area (Å²) in [4.78, 5) is 33.2. The molecule has 0 bridgehead atoms. The minimum atomic E-state index is 0.0195. The van der Waals surface area contributed by atoms with Crippen molar-refractivity contribution in [1.82, 2.24) is 19.8 Å². The number of fused-ring (bicyclic) bond motifs is 1. The molecular formula is C20H27N5O2. The minimum Gasteiger partial charge on any atom is -0.369 e. The second-order valence-electron chi connectivity index (χ2n) is 7.91. The fourth-order valence-electron chi connectivity index (χ4n) is 4.04. The molecule has 1 aromatic carbocycles. The van der Waals surface area contributed by atoms with Gasteiger partial charge in [-0.25, -0.2) is 4.98 Å². The Kier molecular flexibility index (Phi) is 4.86. The topological polar surface area (TPSA) is 70.5 Å². The molecule has 1 atom stereocenters. The quantitative estimate of drug-likeness (QED) is 0.878. The summed E-state index contributed by atoms with van der Waals surface area (Å²) in [6.07, 6.45) is 2.30. The lowest BCUT2D eigenvalue weighted by Gasteiger charge is -2.37. The molecule has 1 aromatic heterocycles. The van der Waals surface area contributed by atoms with Gasteiger partial charge in [0.2, 0.25) is 5.91 Å². The molecule has 144 valence electrons. The van der Waals surface area contributed by atoms with Crippen molar-refractivity contribution in [2.24, 2.45) is 5.92 Å². The predicted octanol–water partition coefficient (Wildman–Crippen LogP) is 1.24. The molecule has 2 saturated heterocycles. The third-order valence-electron chi connectivity index (χ3n) is 5.64. The number of amides is 1. The van der Waals surface area contributed by atoms with E-state index in [0.717, 1.165) is 50.5 Å². The highest BCUT2D eigenvalue weighted by Gasteiger charge is 2.25. The first kappa shape index (κ1) is 18.0. The van der Waals surface area contributed by atoms with Crippen LogP contribution in [0.5, 0.6) is 0 Å². The Bertz CT molecular complexity index is 899. The van der Waals surface area contributed by atoms with Gasteiger partial charge in [0.05, 0.1) is 17.2 Å². The molecule has 0 aliphatic carbocycles. The Morgan fingerprint density at radius 2 is 1.96 bits per heavy atom. The molecule has 2 aromatic rings. The summed E-state index contributed by atoms with van der Waals surface area (Å²) in [5, 5.41) is 3.59. The Labute approximate surface area is 159 Å². The van der Waals surface area contributed by atoms with Gasteiger partial charge in [-0.2, -0.15) is 0 Å². The Morgan fingerprint density at radius 1 is 1.19 bits per heavy atom. The minimum absolute atomic E-state index is 0.0195. The molecule has 1 amide bonds. The number of nitrogens with zero attached hydrogens (tertiary/aromatic N) is 4. The highest BCUT2D eigenvalue weighted by atomic mass is 16.2. The fraction of sp³-hybridized carbons (Fsp3) is 0.550. The summed E-state index contributed by atoms with van der Waals surface area (Å²) >= 11 is 0. The van der Waals surface area contributed by atoms with E-state index in [4.69, 9.17) is 0 Å². The largest absolute Gasteiger partial charge is 0.369 e. The Balaban J connectivity index is 1.43. The first-order valence-corrected chi connectivity index (χ1v) is 9.76. The van der Waals surface area contributed by atoms with Gasteiger partial charge in [0.15, 0.2) is 0 Å². The van der Waals surface area contributed by atoms with E-state index in [2.05, 4.69) is 20.1 Å². The lowest BCUT2D eigenvalue weighted by atomic mass is 10.1. The third-order valence-corrected chi connectivity index (χ3v) is 5.64. The van der Waals surface area contributed by atoms with E-state index in [1.54, 1.807) is 10.9 Å². The number of aromatic nitrogens is 2. The second kappa shape index (κ2) is 7.31. The van der Waals surface area contributed by atoms with Gasteiger partial charge < -0.3 is 10.2 Å². The number of hydrogen-bond acceptors (Lipinski definition) is 5. The summed E-state index contributed by atoms with van der Waals surface area (Å²) in [5.41, 5.74) is 1.90. The molecule has 2 aliphatic rings. The van der Waals surface area contributed by atoms with E-state index in [0.29, 0.717) is 17.7 Å². The standard InChI is InChI=1S/C20H27N5O2/c1-14(2)25-13-22-18-10-16(3-4-17(18)20(25)27)24-7-5-23(6-8-24)12-15-9-19(26)21-11-15/h3-4,10,13-15H,5-9,11-12H2,1-2H3,(H,21,26). The van der Waals surface area contributed by atoms with Gasteiger partial charge in [0.25, 0.3) is 5.56 Å². The Hall–Kier alpha value is -2.41. The van der Waals surface area contributed by atoms with Crippen LogP contribution >= 0.6 is 0 Å². The van der Waals surface area contributed by atoms with Gasteiger partial charge in [0, 0.05) is 57.4 Å². The van der Waals surface area contributed by atoms with Crippen LogP contribution in [0.15, 0.2) is 29.3 Å². The van der Waals surface area contributed by atoms with Gasteiger partial charge in [-0.05, 0) is 38.0 Å². The van der Waals surface area contributed by atoms with Crippen molar-refractivity contribution in [3.05, 3.63) is 34.9 Å². The maximum atomic E-state index is 12.6. The van der Waals surface area contributed by atoms with Gasteiger partial charge in [-0.3, -0.25) is 19.1 Å². The molecule has 1 N–H and O–H groups in total. The van der Waals surface area contributed by atoms with Crippen molar-refractivity contribution in [2.45, 2.75) is 26.3 Å². The zero-order valence-corrected chi connectivity index (χ0v) is 16.0. The van der Waals surface area contributed by atoms with Crippen LogP contribution in [0.25, 0.3) is 10.9 Å². The summed E-state index contributed by atoms with van der Waals surface area (Å²) in [6, 6.07) is 6.07. The van der Waals surface area contributed by atoms with Crippen molar-refractivity contribution in [2.75, 3.05) is 44.2 Å². The van der Waals surface area contributed by atoms with Crippen molar-refractivity contribution in [3.63, 3.8) is 0 Å². The summed E-state index contributed by atoms with van der Waals surface area (Å²) < 4.78 is 1.67. The van der Waals surface area contributed by atoms with Gasteiger partial charge >= 0.3 is 0 Å². The molecule has 0 radical (unpaired) electrons. The van der Waals surface area contributed by atoms with E-state index in [1.807, 2.05) is 32.0 Å². The van der Waals surface area contributed by atoms with E-state index < -0.39 is 0 Å². The first-order chi connectivity index (χ1) is 13.0. The Morgan fingerprint density at radius 3 is 2.63 bits per heavy atom.